The Morgan fingerprint density at radius 3 is 1.60 bits per heavy atom. The highest BCUT2D eigenvalue weighted by Gasteiger charge is 2.24. The lowest BCUT2D eigenvalue weighted by atomic mass is 9.97. The van der Waals surface area contributed by atoms with Gasteiger partial charge in [-0.25, -0.2) is 0 Å². The smallest absolute Gasteiger partial charge is 0.0431 e. The summed E-state index contributed by atoms with van der Waals surface area (Å²) in [4.78, 5) is 0. The molecule has 2 nitrogen and oxygen atoms in total. The van der Waals surface area contributed by atoms with Crippen LogP contribution in [-0.2, 0) is 0 Å². The predicted molar refractivity (Wildman–Crippen MR) is 92.1 cm³/mol. The summed E-state index contributed by atoms with van der Waals surface area (Å²) in [7, 11) is 0. The summed E-state index contributed by atoms with van der Waals surface area (Å²) >= 11 is 7.06. The summed E-state index contributed by atoms with van der Waals surface area (Å²) in [5.74, 6) is 0. The van der Waals surface area contributed by atoms with E-state index in [0.717, 1.165) is 22.0 Å². The van der Waals surface area contributed by atoms with Crippen molar-refractivity contribution in [2.45, 2.75) is 0 Å². The number of benzene rings is 2. The van der Waals surface area contributed by atoms with Crippen LogP contribution in [0.4, 0.5) is 11.4 Å². The lowest BCUT2D eigenvalue weighted by molar-refractivity contribution is 1.41. The fraction of sp³-hybridized carbons (Fsp3) is 0.125. The van der Waals surface area contributed by atoms with Crippen LogP contribution < -0.4 is 10.6 Å². The molecule has 4 rings (SSSR count). The molecule has 0 spiro atoms. The first-order chi connectivity index (χ1) is 9.72. The van der Waals surface area contributed by atoms with Crippen LogP contribution in [0, 0.1) is 0 Å². The molecule has 2 aromatic carbocycles. The van der Waals surface area contributed by atoms with Gasteiger partial charge >= 0.3 is 0 Å². The lowest BCUT2D eigenvalue weighted by Crippen LogP contribution is -1.98. The summed E-state index contributed by atoms with van der Waals surface area (Å²) in [5.41, 5.74) is 7.88. The van der Waals surface area contributed by atoms with Crippen molar-refractivity contribution >= 4 is 54.4 Å². The zero-order chi connectivity index (χ0) is 13.7. The molecule has 0 radical (unpaired) electrons. The van der Waals surface area contributed by atoms with Gasteiger partial charge < -0.3 is 10.6 Å². The number of nitrogens with one attached hydrogen (secondary N) is 2. The standard InChI is InChI=1S/C16H12Br2N2/c17-9-1-3-11-13(7-19-15(11)5-9)14-8-20-16-6-10(18)2-4-12(14)16/h1-6,19-20H,7-8H2/b14-13+. The fourth-order valence-corrected chi connectivity index (χ4v) is 3.67. The normalized spacial score (nSPS) is 19.3. The first-order valence-corrected chi connectivity index (χ1v) is 8.10. The van der Waals surface area contributed by atoms with Crippen molar-refractivity contribution in [3.63, 3.8) is 0 Å². The van der Waals surface area contributed by atoms with Crippen LogP contribution in [0.3, 0.4) is 0 Å². The van der Waals surface area contributed by atoms with Gasteiger partial charge in [-0.05, 0) is 35.4 Å². The molecule has 0 saturated heterocycles. The van der Waals surface area contributed by atoms with Crippen LogP contribution in [0.25, 0.3) is 11.1 Å². The van der Waals surface area contributed by atoms with Crippen molar-refractivity contribution in [3.05, 3.63) is 56.5 Å². The Bertz CT molecular complexity index is 687. The molecule has 100 valence electrons. The second kappa shape index (κ2) is 4.64. The Kier molecular flexibility index (Phi) is 2.89. The third-order valence-corrected chi connectivity index (χ3v) is 4.88. The van der Waals surface area contributed by atoms with E-state index in [4.69, 9.17) is 0 Å². The molecule has 0 unspecified atom stereocenters. The lowest BCUT2D eigenvalue weighted by Gasteiger charge is -2.06. The molecule has 0 aromatic heterocycles. The molecule has 2 aromatic rings. The van der Waals surface area contributed by atoms with Gasteiger partial charge in [0.15, 0.2) is 0 Å². The Labute approximate surface area is 134 Å². The van der Waals surface area contributed by atoms with Crippen molar-refractivity contribution in [2.24, 2.45) is 0 Å². The third kappa shape index (κ3) is 1.90. The van der Waals surface area contributed by atoms with Crippen LogP contribution in [0.15, 0.2) is 45.3 Å². The van der Waals surface area contributed by atoms with Gasteiger partial charge in [0.05, 0.1) is 0 Å². The Morgan fingerprint density at radius 2 is 1.15 bits per heavy atom. The second-order valence-corrected chi connectivity index (χ2v) is 6.88. The van der Waals surface area contributed by atoms with Gasteiger partial charge in [0.25, 0.3) is 0 Å². The number of rotatable bonds is 0. The van der Waals surface area contributed by atoms with Crippen molar-refractivity contribution < 1.29 is 0 Å². The number of hydrogen-bond acceptors (Lipinski definition) is 2. The molecule has 2 heterocycles. The molecule has 2 N–H and O–H groups in total. The second-order valence-electron chi connectivity index (χ2n) is 5.04. The predicted octanol–water partition coefficient (Wildman–Crippen LogP) is 4.97. The maximum atomic E-state index is 3.53. The Hall–Kier alpha value is -1.26. The first-order valence-electron chi connectivity index (χ1n) is 6.52. The monoisotopic (exact) mass is 390 g/mol. The van der Waals surface area contributed by atoms with Gasteiger partial charge in [0.1, 0.15) is 0 Å². The van der Waals surface area contributed by atoms with E-state index in [-0.39, 0.29) is 0 Å². The molecule has 20 heavy (non-hydrogen) atoms. The highest BCUT2D eigenvalue weighted by molar-refractivity contribution is 9.10. The minimum absolute atomic E-state index is 0.901. The quantitative estimate of drug-likeness (QED) is 0.662. The largest absolute Gasteiger partial charge is 0.380 e. The highest BCUT2D eigenvalue weighted by atomic mass is 79.9. The molecule has 0 aliphatic carbocycles. The molecular formula is C16H12Br2N2. The topological polar surface area (TPSA) is 24.1 Å². The molecule has 4 heteroatoms. The maximum Gasteiger partial charge on any atom is 0.0431 e. The van der Waals surface area contributed by atoms with E-state index in [0.29, 0.717) is 0 Å². The fourth-order valence-electron chi connectivity index (χ4n) is 2.95. The molecule has 0 fully saturated rings. The minimum Gasteiger partial charge on any atom is -0.380 e. The molecule has 0 atom stereocenters. The molecule has 2 aliphatic rings. The summed E-state index contributed by atoms with van der Waals surface area (Å²) in [6, 6.07) is 12.9. The van der Waals surface area contributed by atoms with Gasteiger partial charge in [0, 0.05) is 44.5 Å². The molecule has 0 saturated carbocycles. The van der Waals surface area contributed by atoms with Crippen LogP contribution in [0.2, 0.25) is 0 Å². The average Bonchev–Trinajstić information content (AvgIpc) is 3.01. The molecule has 0 amide bonds. The number of hydrogen-bond donors (Lipinski definition) is 2. The van der Waals surface area contributed by atoms with Crippen LogP contribution >= 0.6 is 31.9 Å². The van der Waals surface area contributed by atoms with E-state index in [2.05, 4.69) is 78.9 Å². The Balaban J connectivity index is 1.88. The minimum atomic E-state index is 0.901. The van der Waals surface area contributed by atoms with Crippen LogP contribution in [0.1, 0.15) is 11.1 Å². The number of fused-ring (bicyclic) bond motifs is 2. The van der Waals surface area contributed by atoms with E-state index in [1.807, 2.05) is 0 Å². The SMILES string of the molecule is Brc1ccc2c(c1)NC/C2=C1/CNc2cc(Br)ccc21. The van der Waals surface area contributed by atoms with Crippen LogP contribution in [-0.4, -0.2) is 13.1 Å². The van der Waals surface area contributed by atoms with E-state index in [1.165, 1.54) is 33.6 Å². The number of anilines is 2. The number of halogens is 2. The molecule has 2 aliphatic heterocycles. The van der Waals surface area contributed by atoms with Crippen molar-refractivity contribution in [3.8, 4) is 0 Å². The third-order valence-electron chi connectivity index (χ3n) is 3.89. The summed E-state index contributed by atoms with van der Waals surface area (Å²) in [5, 5.41) is 6.97. The van der Waals surface area contributed by atoms with Crippen LogP contribution in [0.5, 0.6) is 0 Å². The van der Waals surface area contributed by atoms with Crippen molar-refractivity contribution in [1.82, 2.24) is 0 Å². The van der Waals surface area contributed by atoms with Crippen molar-refractivity contribution in [2.75, 3.05) is 23.7 Å². The Morgan fingerprint density at radius 1 is 0.700 bits per heavy atom. The zero-order valence-corrected chi connectivity index (χ0v) is 13.8. The van der Waals surface area contributed by atoms with Gasteiger partial charge in [-0.1, -0.05) is 44.0 Å². The molecular weight excluding hydrogens is 380 g/mol. The zero-order valence-electron chi connectivity index (χ0n) is 10.6. The van der Waals surface area contributed by atoms with E-state index >= 15 is 0 Å². The average molecular weight is 392 g/mol. The first kappa shape index (κ1) is 12.5. The molecule has 0 bridgehead atoms. The van der Waals surface area contributed by atoms with Crippen molar-refractivity contribution in [1.29, 1.82) is 0 Å². The summed E-state index contributed by atoms with van der Waals surface area (Å²) < 4.78 is 2.23. The van der Waals surface area contributed by atoms with Gasteiger partial charge in [-0.3, -0.25) is 0 Å². The van der Waals surface area contributed by atoms with Gasteiger partial charge in [-0.2, -0.15) is 0 Å². The van der Waals surface area contributed by atoms with E-state index < -0.39 is 0 Å². The van der Waals surface area contributed by atoms with E-state index in [1.54, 1.807) is 0 Å². The van der Waals surface area contributed by atoms with E-state index in [9.17, 15) is 0 Å². The highest BCUT2D eigenvalue weighted by Crippen LogP contribution is 2.42. The summed E-state index contributed by atoms with van der Waals surface area (Å²) in [6.45, 7) is 1.80. The maximum absolute atomic E-state index is 3.53. The van der Waals surface area contributed by atoms with Gasteiger partial charge in [0.2, 0.25) is 0 Å². The van der Waals surface area contributed by atoms with Gasteiger partial charge in [-0.15, -0.1) is 0 Å². The summed E-state index contributed by atoms with van der Waals surface area (Å²) in [6.07, 6.45) is 0.